The van der Waals surface area contributed by atoms with Gasteiger partial charge in [-0.2, -0.15) is 0 Å². The maximum absolute atomic E-state index is 10.9. The molecule has 2 aliphatic carbocycles. The van der Waals surface area contributed by atoms with E-state index in [0.717, 1.165) is 0 Å². The highest BCUT2D eigenvalue weighted by atomic mass is 16.4. The van der Waals surface area contributed by atoms with E-state index in [1.54, 1.807) is 0 Å². The van der Waals surface area contributed by atoms with Crippen molar-refractivity contribution in [1.82, 2.24) is 5.32 Å². The fourth-order valence-electron chi connectivity index (χ4n) is 3.60. The monoisotopic (exact) mass is 269 g/mol. The van der Waals surface area contributed by atoms with E-state index in [0.29, 0.717) is 43.7 Å². The van der Waals surface area contributed by atoms with Gasteiger partial charge in [0.05, 0.1) is 11.5 Å². The minimum absolute atomic E-state index is 0.261. The number of carboxylic acid groups (broad SMARTS) is 1. The summed E-state index contributed by atoms with van der Waals surface area (Å²) in [7, 11) is 0. The van der Waals surface area contributed by atoms with Crippen LogP contribution in [0.4, 0.5) is 0 Å². The Morgan fingerprint density at radius 2 is 1.84 bits per heavy atom. The molecule has 0 saturated heterocycles. The van der Waals surface area contributed by atoms with Crippen LogP contribution in [0.1, 0.15) is 58.8 Å². The van der Waals surface area contributed by atoms with Crippen LogP contribution in [0.15, 0.2) is 0 Å². The van der Waals surface area contributed by atoms with Gasteiger partial charge in [-0.3, -0.25) is 4.79 Å². The summed E-state index contributed by atoms with van der Waals surface area (Å²) < 4.78 is 0. The molecule has 0 aromatic rings. The fraction of sp³-hybridized carbons (Fsp3) is 0.933. The SMILES string of the molecule is CC1(C)CCCC1NCC1(O)CCC(C(=O)O)CC1. The fourth-order valence-corrected chi connectivity index (χ4v) is 3.60. The topological polar surface area (TPSA) is 69.6 Å². The summed E-state index contributed by atoms with van der Waals surface area (Å²) in [4.78, 5) is 10.9. The van der Waals surface area contributed by atoms with Gasteiger partial charge < -0.3 is 15.5 Å². The third-order valence-corrected chi connectivity index (χ3v) is 5.20. The largest absolute Gasteiger partial charge is 0.481 e. The second kappa shape index (κ2) is 5.41. The van der Waals surface area contributed by atoms with Crippen molar-refractivity contribution < 1.29 is 15.0 Å². The molecule has 0 aliphatic heterocycles. The van der Waals surface area contributed by atoms with Gasteiger partial charge in [-0.25, -0.2) is 0 Å². The number of aliphatic carboxylic acids is 1. The number of aliphatic hydroxyl groups is 1. The molecule has 0 aromatic heterocycles. The van der Waals surface area contributed by atoms with Crippen molar-refractivity contribution in [3.63, 3.8) is 0 Å². The summed E-state index contributed by atoms with van der Waals surface area (Å²) in [6, 6.07) is 0.480. The summed E-state index contributed by atoms with van der Waals surface area (Å²) in [5.41, 5.74) is -0.390. The average Bonchev–Trinajstić information content (AvgIpc) is 2.66. The Morgan fingerprint density at radius 1 is 1.21 bits per heavy atom. The van der Waals surface area contributed by atoms with Gasteiger partial charge in [-0.15, -0.1) is 0 Å². The van der Waals surface area contributed by atoms with Crippen molar-refractivity contribution >= 4 is 5.97 Å². The number of rotatable bonds is 4. The van der Waals surface area contributed by atoms with Gasteiger partial charge >= 0.3 is 5.97 Å². The molecule has 2 fully saturated rings. The predicted octanol–water partition coefficient (Wildman–Crippen LogP) is 2.16. The van der Waals surface area contributed by atoms with E-state index in [1.807, 2.05) is 0 Å². The van der Waals surface area contributed by atoms with Crippen LogP contribution in [0.25, 0.3) is 0 Å². The Bertz CT molecular complexity index is 332. The van der Waals surface area contributed by atoms with Crippen LogP contribution in [-0.4, -0.2) is 34.4 Å². The van der Waals surface area contributed by atoms with Gasteiger partial charge in [0.2, 0.25) is 0 Å². The van der Waals surface area contributed by atoms with Gasteiger partial charge in [0.25, 0.3) is 0 Å². The zero-order chi connectivity index (χ0) is 14.1. The van der Waals surface area contributed by atoms with Crippen LogP contribution in [0.5, 0.6) is 0 Å². The minimum Gasteiger partial charge on any atom is -0.481 e. The van der Waals surface area contributed by atoms with Crippen molar-refractivity contribution in [2.75, 3.05) is 6.54 Å². The zero-order valence-corrected chi connectivity index (χ0v) is 12.1. The Labute approximate surface area is 115 Å². The van der Waals surface area contributed by atoms with E-state index in [2.05, 4.69) is 19.2 Å². The number of carboxylic acids is 1. The van der Waals surface area contributed by atoms with Crippen molar-refractivity contribution in [1.29, 1.82) is 0 Å². The number of nitrogens with one attached hydrogen (secondary N) is 1. The van der Waals surface area contributed by atoms with Crippen molar-refractivity contribution in [3.05, 3.63) is 0 Å². The third kappa shape index (κ3) is 3.48. The Hall–Kier alpha value is -0.610. The van der Waals surface area contributed by atoms with Crippen molar-refractivity contribution in [2.24, 2.45) is 11.3 Å². The highest BCUT2D eigenvalue weighted by molar-refractivity contribution is 5.70. The smallest absolute Gasteiger partial charge is 0.306 e. The van der Waals surface area contributed by atoms with E-state index in [-0.39, 0.29) is 5.92 Å². The molecule has 0 aromatic carbocycles. The van der Waals surface area contributed by atoms with Gasteiger partial charge in [-0.05, 0) is 43.9 Å². The molecule has 2 saturated carbocycles. The van der Waals surface area contributed by atoms with E-state index in [9.17, 15) is 9.90 Å². The molecule has 0 amide bonds. The molecule has 110 valence electrons. The summed E-state index contributed by atoms with van der Waals surface area (Å²) in [5.74, 6) is -0.977. The molecule has 0 heterocycles. The van der Waals surface area contributed by atoms with Crippen molar-refractivity contribution in [3.8, 4) is 0 Å². The van der Waals surface area contributed by atoms with Crippen LogP contribution in [-0.2, 0) is 4.79 Å². The zero-order valence-electron chi connectivity index (χ0n) is 12.1. The molecule has 2 aliphatic rings. The molecular weight excluding hydrogens is 242 g/mol. The highest BCUT2D eigenvalue weighted by Gasteiger charge is 2.39. The molecule has 0 bridgehead atoms. The molecular formula is C15H27NO3. The molecule has 1 atom stereocenters. The molecule has 2 rings (SSSR count). The van der Waals surface area contributed by atoms with Gasteiger partial charge in [0, 0.05) is 12.6 Å². The van der Waals surface area contributed by atoms with Crippen LogP contribution >= 0.6 is 0 Å². The Morgan fingerprint density at radius 3 is 2.32 bits per heavy atom. The van der Waals surface area contributed by atoms with Gasteiger partial charge in [0.15, 0.2) is 0 Å². The first-order valence-electron chi connectivity index (χ1n) is 7.51. The summed E-state index contributed by atoms with van der Waals surface area (Å²) in [6.07, 6.45) is 6.08. The lowest BCUT2D eigenvalue weighted by molar-refractivity contribution is -0.144. The minimum atomic E-state index is -0.716. The molecule has 1 unspecified atom stereocenters. The first-order chi connectivity index (χ1) is 8.82. The number of carbonyl (C=O) groups is 1. The van der Waals surface area contributed by atoms with E-state index >= 15 is 0 Å². The van der Waals surface area contributed by atoms with Crippen LogP contribution in [0.3, 0.4) is 0 Å². The standard InChI is InChI=1S/C15H27NO3/c1-14(2)7-3-4-12(14)16-10-15(19)8-5-11(6-9-15)13(17)18/h11-12,16,19H,3-10H2,1-2H3,(H,17,18). The summed E-state index contributed by atoms with van der Waals surface area (Å²) >= 11 is 0. The first kappa shape index (κ1) is 14.8. The summed E-state index contributed by atoms with van der Waals surface area (Å²) in [5, 5.41) is 23.1. The maximum Gasteiger partial charge on any atom is 0.306 e. The van der Waals surface area contributed by atoms with E-state index < -0.39 is 11.6 Å². The molecule has 0 radical (unpaired) electrons. The third-order valence-electron chi connectivity index (χ3n) is 5.20. The summed E-state index contributed by atoms with van der Waals surface area (Å²) in [6.45, 7) is 5.17. The maximum atomic E-state index is 10.9. The van der Waals surface area contributed by atoms with Gasteiger partial charge in [-0.1, -0.05) is 20.3 Å². The van der Waals surface area contributed by atoms with E-state index in [1.165, 1.54) is 19.3 Å². The molecule has 4 nitrogen and oxygen atoms in total. The predicted molar refractivity (Wildman–Crippen MR) is 74.0 cm³/mol. The van der Waals surface area contributed by atoms with Crippen LogP contribution in [0, 0.1) is 11.3 Å². The quantitative estimate of drug-likeness (QED) is 0.731. The van der Waals surface area contributed by atoms with E-state index in [4.69, 9.17) is 5.11 Å². The Balaban J connectivity index is 1.81. The number of hydrogen-bond acceptors (Lipinski definition) is 3. The molecule has 19 heavy (non-hydrogen) atoms. The Kier molecular flexibility index (Phi) is 4.21. The van der Waals surface area contributed by atoms with Gasteiger partial charge in [0.1, 0.15) is 0 Å². The second-order valence-electron chi connectivity index (χ2n) is 7.15. The van der Waals surface area contributed by atoms with Crippen LogP contribution < -0.4 is 5.32 Å². The lowest BCUT2D eigenvalue weighted by Crippen LogP contribution is -2.49. The lowest BCUT2D eigenvalue weighted by Gasteiger charge is -2.37. The second-order valence-corrected chi connectivity index (χ2v) is 7.15. The number of hydrogen-bond donors (Lipinski definition) is 3. The van der Waals surface area contributed by atoms with Crippen molar-refractivity contribution in [2.45, 2.75) is 70.4 Å². The molecule has 4 heteroatoms. The lowest BCUT2D eigenvalue weighted by atomic mass is 9.78. The average molecular weight is 269 g/mol. The molecule has 0 spiro atoms. The molecule has 3 N–H and O–H groups in total. The van der Waals surface area contributed by atoms with Crippen LogP contribution in [0.2, 0.25) is 0 Å². The highest BCUT2D eigenvalue weighted by Crippen LogP contribution is 2.38. The first-order valence-corrected chi connectivity index (χ1v) is 7.51. The normalized spacial score (nSPS) is 38.3.